The zero-order valence-corrected chi connectivity index (χ0v) is 11.1. The molecule has 0 bridgehead atoms. The van der Waals surface area contributed by atoms with Gasteiger partial charge in [0.25, 0.3) is 5.91 Å². The minimum Gasteiger partial charge on any atom is -0.482 e. The molecule has 1 atom stereocenters. The Bertz CT molecular complexity index is 448. The molecule has 5 nitrogen and oxygen atoms in total. The van der Waals surface area contributed by atoms with Crippen molar-refractivity contribution < 1.29 is 14.6 Å². The smallest absolute Gasteiger partial charge is 0.262 e. The number of rotatable bonds is 6. The Kier molecular flexibility index (Phi) is 4.76. The highest BCUT2D eigenvalue weighted by Crippen LogP contribution is 2.28. The van der Waals surface area contributed by atoms with E-state index in [9.17, 15) is 9.90 Å². The summed E-state index contributed by atoms with van der Waals surface area (Å²) in [6.07, 6.45) is 1.48. The lowest BCUT2D eigenvalue weighted by atomic mass is 10.1. The number of nitrogens with one attached hydrogen (secondary N) is 2. The summed E-state index contributed by atoms with van der Waals surface area (Å²) < 4.78 is 5.29. The number of carbonyl (C=O) groups is 1. The normalized spacial score (nSPS) is 15.4. The fourth-order valence-electron chi connectivity index (χ4n) is 2.06. The van der Waals surface area contributed by atoms with Gasteiger partial charge in [-0.25, -0.2) is 0 Å². The van der Waals surface area contributed by atoms with E-state index in [-0.39, 0.29) is 18.6 Å². The van der Waals surface area contributed by atoms with Gasteiger partial charge in [-0.15, -0.1) is 0 Å². The monoisotopic (exact) mass is 264 g/mol. The molecule has 104 valence electrons. The van der Waals surface area contributed by atoms with Crippen molar-refractivity contribution in [2.45, 2.75) is 32.4 Å². The van der Waals surface area contributed by atoms with E-state index >= 15 is 0 Å². The zero-order chi connectivity index (χ0) is 13.7. The first-order valence-corrected chi connectivity index (χ1v) is 6.63. The summed E-state index contributed by atoms with van der Waals surface area (Å²) in [7, 11) is 0. The molecule has 0 aromatic heterocycles. The topological polar surface area (TPSA) is 70.6 Å². The first-order chi connectivity index (χ1) is 9.19. The van der Waals surface area contributed by atoms with Gasteiger partial charge in [-0.3, -0.25) is 4.79 Å². The van der Waals surface area contributed by atoms with E-state index in [0.717, 1.165) is 18.4 Å². The van der Waals surface area contributed by atoms with Crippen molar-refractivity contribution in [1.82, 2.24) is 5.32 Å². The lowest BCUT2D eigenvalue weighted by molar-refractivity contribution is -0.118. The summed E-state index contributed by atoms with van der Waals surface area (Å²) >= 11 is 0. The standard InChI is InChI=1S/C14H20N2O3/c1-2-3-11(17)8-15-7-10-4-5-13-12(6-10)16-14(18)9-19-13/h4-6,11,15,17H,2-3,7-9H2,1H3,(H,16,18). The van der Waals surface area contributed by atoms with Crippen LogP contribution < -0.4 is 15.4 Å². The largest absolute Gasteiger partial charge is 0.482 e. The summed E-state index contributed by atoms with van der Waals surface area (Å²) in [6, 6.07) is 5.70. The summed E-state index contributed by atoms with van der Waals surface area (Å²) in [6.45, 7) is 3.36. The molecule has 0 fully saturated rings. The lowest BCUT2D eigenvalue weighted by Gasteiger charge is -2.18. The van der Waals surface area contributed by atoms with Crippen molar-refractivity contribution in [3.8, 4) is 5.75 Å². The first kappa shape index (κ1) is 13.8. The Hall–Kier alpha value is -1.59. The van der Waals surface area contributed by atoms with Gasteiger partial charge in [0.2, 0.25) is 0 Å². The van der Waals surface area contributed by atoms with E-state index in [2.05, 4.69) is 17.6 Å². The zero-order valence-electron chi connectivity index (χ0n) is 11.1. The SMILES string of the molecule is CCCC(O)CNCc1ccc2c(c1)NC(=O)CO2. The van der Waals surface area contributed by atoms with E-state index in [0.29, 0.717) is 24.5 Å². The van der Waals surface area contributed by atoms with Gasteiger partial charge in [-0.1, -0.05) is 19.4 Å². The van der Waals surface area contributed by atoms with Crippen LogP contribution in [0.3, 0.4) is 0 Å². The van der Waals surface area contributed by atoms with Crippen LogP contribution in [0.5, 0.6) is 5.75 Å². The third-order valence-corrected chi connectivity index (χ3v) is 3.01. The van der Waals surface area contributed by atoms with E-state index in [1.807, 2.05) is 18.2 Å². The van der Waals surface area contributed by atoms with Gasteiger partial charge in [0.1, 0.15) is 5.75 Å². The van der Waals surface area contributed by atoms with E-state index < -0.39 is 0 Å². The Morgan fingerprint density at radius 3 is 3.16 bits per heavy atom. The Morgan fingerprint density at radius 2 is 2.37 bits per heavy atom. The van der Waals surface area contributed by atoms with Gasteiger partial charge < -0.3 is 20.5 Å². The number of aliphatic hydroxyl groups is 1. The third-order valence-electron chi connectivity index (χ3n) is 3.01. The maximum Gasteiger partial charge on any atom is 0.262 e. The van der Waals surface area contributed by atoms with Crippen molar-refractivity contribution in [3.63, 3.8) is 0 Å². The summed E-state index contributed by atoms with van der Waals surface area (Å²) in [4.78, 5) is 11.2. The second kappa shape index (κ2) is 6.54. The molecule has 1 unspecified atom stereocenters. The molecule has 1 aliphatic heterocycles. The van der Waals surface area contributed by atoms with Crippen molar-refractivity contribution >= 4 is 11.6 Å². The van der Waals surface area contributed by atoms with Crippen LogP contribution in [0.15, 0.2) is 18.2 Å². The number of carbonyl (C=O) groups excluding carboxylic acids is 1. The average molecular weight is 264 g/mol. The van der Waals surface area contributed by atoms with E-state index in [1.54, 1.807) is 0 Å². The highest BCUT2D eigenvalue weighted by Gasteiger charge is 2.15. The fourth-order valence-corrected chi connectivity index (χ4v) is 2.06. The van der Waals surface area contributed by atoms with Crippen LogP contribution in [0.2, 0.25) is 0 Å². The molecule has 1 aromatic carbocycles. The molecular weight excluding hydrogens is 244 g/mol. The molecule has 1 aromatic rings. The molecule has 19 heavy (non-hydrogen) atoms. The number of ether oxygens (including phenoxy) is 1. The molecule has 0 spiro atoms. The number of aliphatic hydroxyl groups excluding tert-OH is 1. The van der Waals surface area contributed by atoms with E-state index in [1.165, 1.54) is 0 Å². The molecule has 0 saturated heterocycles. The Morgan fingerprint density at radius 1 is 1.53 bits per heavy atom. The number of benzene rings is 1. The van der Waals surface area contributed by atoms with Gasteiger partial charge in [-0.05, 0) is 24.1 Å². The van der Waals surface area contributed by atoms with Crippen molar-refractivity contribution in [2.24, 2.45) is 0 Å². The van der Waals surface area contributed by atoms with Crippen LogP contribution in [0.4, 0.5) is 5.69 Å². The van der Waals surface area contributed by atoms with Gasteiger partial charge in [0.15, 0.2) is 6.61 Å². The first-order valence-electron chi connectivity index (χ1n) is 6.63. The van der Waals surface area contributed by atoms with Crippen molar-refractivity contribution in [3.05, 3.63) is 23.8 Å². The minimum absolute atomic E-state index is 0.0772. The van der Waals surface area contributed by atoms with Gasteiger partial charge in [0.05, 0.1) is 11.8 Å². The van der Waals surface area contributed by atoms with Crippen LogP contribution in [-0.4, -0.2) is 30.3 Å². The van der Waals surface area contributed by atoms with Crippen LogP contribution in [0.1, 0.15) is 25.3 Å². The minimum atomic E-state index is -0.300. The number of fused-ring (bicyclic) bond motifs is 1. The quantitative estimate of drug-likeness (QED) is 0.723. The molecule has 1 aliphatic rings. The third kappa shape index (κ3) is 3.94. The van der Waals surface area contributed by atoms with Gasteiger partial charge in [0, 0.05) is 13.1 Å². The van der Waals surface area contributed by atoms with E-state index in [4.69, 9.17) is 4.74 Å². The molecular formula is C14H20N2O3. The molecule has 2 rings (SSSR count). The molecule has 0 radical (unpaired) electrons. The Balaban J connectivity index is 1.88. The van der Waals surface area contributed by atoms with Gasteiger partial charge >= 0.3 is 0 Å². The highest BCUT2D eigenvalue weighted by atomic mass is 16.5. The number of hydrogen-bond donors (Lipinski definition) is 3. The molecule has 5 heteroatoms. The number of hydrogen-bond acceptors (Lipinski definition) is 4. The lowest BCUT2D eigenvalue weighted by Crippen LogP contribution is -2.27. The maximum absolute atomic E-state index is 11.2. The summed E-state index contributed by atoms with van der Waals surface area (Å²) in [5.74, 6) is 0.574. The number of amides is 1. The Labute approximate surface area is 113 Å². The second-order valence-electron chi connectivity index (χ2n) is 4.74. The van der Waals surface area contributed by atoms with Crippen molar-refractivity contribution in [2.75, 3.05) is 18.5 Å². The summed E-state index contributed by atoms with van der Waals surface area (Å²) in [5, 5.41) is 15.6. The van der Waals surface area contributed by atoms with Crippen LogP contribution >= 0.6 is 0 Å². The van der Waals surface area contributed by atoms with Crippen LogP contribution in [0, 0.1) is 0 Å². The van der Waals surface area contributed by atoms with Crippen LogP contribution in [0.25, 0.3) is 0 Å². The van der Waals surface area contributed by atoms with Gasteiger partial charge in [-0.2, -0.15) is 0 Å². The molecule has 3 N–H and O–H groups in total. The molecule has 1 amide bonds. The molecule has 0 aliphatic carbocycles. The van der Waals surface area contributed by atoms with Crippen molar-refractivity contribution in [1.29, 1.82) is 0 Å². The second-order valence-corrected chi connectivity index (χ2v) is 4.74. The number of anilines is 1. The highest BCUT2D eigenvalue weighted by molar-refractivity contribution is 5.95. The fraction of sp³-hybridized carbons (Fsp3) is 0.500. The average Bonchev–Trinajstić information content (AvgIpc) is 2.38. The van der Waals surface area contributed by atoms with Crippen LogP contribution in [-0.2, 0) is 11.3 Å². The molecule has 0 saturated carbocycles. The molecule has 1 heterocycles. The summed E-state index contributed by atoms with van der Waals surface area (Å²) in [5.41, 5.74) is 1.76. The predicted octanol–water partition coefficient (Wildman–Crippen LogP) is 1.27. The predicted molar refractivity (Wildman–Crippen MR) is 73.2 cm³/mol. The maximum atomic E-state index is 11.2.